The molecule has 5 heterocycles. The lowest BCUT2D eigenvalue weighted by molar-refractivity contribution is -0.146. The van der Waals surface area contributed by atoms with Crippen molar-refractivity contribution in [1.82, 2.24) is 14.9 Å². The molecule has 0 atom stereocenters. The number of ether oxygens (including phenoxy) is 2. The Labute approximate surface area is 234 Å². The molecule has 0 bridgehead atoms. The minimum absolute atomic E-state index is 0.00687. The monoisotopic (exact) mass is 566 g/mol. The summed E-state index contributed by atoms with van der Waals surface area (Å²) in [7, 11) is 0. The zero-order chi connectivity index (χ0) is 27.6. The van der Waals surface area contributed by atoms with Gasteiger partial charge in [0, 0.05) is 24.7 Å². The minimum Gasteiger partial charge on any atom is -0.474 e. The molecule has 2 fully saturated rings. The van der Waals surface area contributed by atoms with Crippen molar-refractivity contribution in [2.24, 2.45) is 10.9 Å². The lowest BCUT2D eigenvalue weighted by Crippen LogP contribution is -2.49. The van der Waals surface area contributed by atoms with Crippen molar-refractivity contribution < 1.29 is 28.3 Å². The van der Waals surface area contributed by atoms with Crippen LogP contribution in [0.15, 0.2) is 39.9 Å². The molecule has 13 heteroatoms. The molecule has 3 amide bonds. The molecule has 2 aliphatic heterocycles. The van der Waals surface area contributed by atoms with E-state index in [-0.39, 0.29) is 47.6 Å². The van der Waals surface area contributed by atoms with E-state index in [1.54, 1.807) is 24.3 Å². The molecule has 2 N–H and O–H groups in total. The number of furan rings is 1. The van der Waals surface area contributed by atoms with E-state index < -0.39 is 5.91 Å². The Bertz CT molecular complexity index is 1480. The van der Waals surface area contributed by atoms with Gasteiger partial charge >= 0.3 is 0 Å². The summed E-state index contributed by atoms with van der Waals surface area (Å²) in [6, 6.07) is 6.62. The fourth-order valence-corrected chi connectivity index (χ4v) is 5.39. The molecular formula is C27H27ClN6O6. The number of rotatable bonds is 6. The van der Waals surface area contributed by atoms with Gasteiger partial charge in [0.25, 0.3) is 5.91 Å². The number of anilines is 2. The molecule has 3 aromatic rings. The Kier molecular flexibility index (Phi) is 7.35. The maximum atomic E-state index is 13.5. The number of hydrogen-bond donors (Lipinski definition) is 2. The van der Waals surface area contributed by atoms with E-state index in [1.807, 2.05) is 4.90 Å². The van der Waals surface area contributed by atoms with Crippen LogP contribution in [-0.4, -0.2) is 77.4 Å². The number of carbonyl (C=O) groups is 3. The molecule has 0 aromatic carbocycles. The first-order valence-electron chi connectivity index (χ1n) is 13.2. The summed E-state index contributed by atoms with van der Waals surface area (Å²) in [5.41, 5.74) is 1.27. The largest absolute Gasteiger partial charge is 0.474 e. The normalized spacial score (nSPS) is 21.2. The Morgan fingerprint density at radius 2 is 1.90 bits per heavy atom. The Hall–Kier alpha value is -4.03. The van der Waals surface area contributed by atoms with E-state index in [2.05, 4.69) is 25.6 Å². The fraction of sp³-hybridized carbons (Fsp3) is 0.407. The third-order valence-corrected chi connectivity index (χ3v) is 7.52. The van der Waals surface area contributed by atoms with E-state index in [0.717, 1.165) is 0 Å². The van der Waals surface area contributed by atoms with Crippen molar-refractivity contribution in [2.75, 3.05) is 43.5 Å². The summed E-state index contributed by atoms with van der Waals surface area (Å²) in [5.74, 6) is -0.585. The summed E-state index contributed by atoms with van der Waals surface area (Å²) < 4.78 is 16.7. The molecule has 1 saturated heterocycles. The highest BCUT2D eigenvalue weighted by Gasteiger charge is 2.34. The van der Waals surface area contributed by atoms with Crippen LogP contribution in [0, 0.1) is 5.92 Å². The van der Waals surface area contributed by atoms with E-state index in [1.165, 1.54) is 6.20 Å². The quantitative estimate of drug-likeness (QED) is 0.462. The van der Waals surface area contributed by atoms with E-state index in [0.29, 0.717) is 79.7 Å². The predicted molar refractivity (Wildman–Crippen MR) is 145 cm³/mol. The number of fused-ring (bicyclic) bond motifs is 1. The van der Waals surface area contributed by atoms with Crippen molar-refractivity contribution in [3.8, 4) is 0 Å². The number of halogens is 1. The molecule has 0 radical (unpaired) electrons. The number of aromatic nitrogens is 2. The number of morpholine rings is 1. The molecular weight excluding hydrogens is 540 g/mol. The molecule has 3 aliphatic rings. The zero-order valence-corrected chi connectivity index (χ0v) is 22.3. The SMILES string of the molecule is O=C(Nc1ccc(Cl)cn1)c1oc2ccc(C3=NCCO3)nc2c1NC(=O)[C@H]1CC[C@H](N2CCOCC2=O)CC1. The summed E-state index contributed by atoms with van der Waals surface area (Å²) in [5, 5.41) is 6.03. The second-order valence-electron chi connectivity index (χ2n) is 9.83. The van der Waals surface area contributed by atoms with Crippen LogP contribution in [0.1, 0.15) is 41.9 Å². The molecule has 1 saturated carbocycles. The molecule has 12 nitrogen and oxygen atoms in total. The number of amides is 3. The van der Waals surface area contributed by atoms with Gasteiger partial charge in [0.2, 0.25) is 23.5 Å². The van der Waals surface area contributed by atoms with Crippen molar-refractivity contribution in [3.63, 3.8) is 0 Å². The van der Waals surface area contributed by atoms with Crippen LogP contribution in [0.25, 0.3) is 11.1 Å². The third-order valence-electron chi connectivity index (χ3n) is 7.29. The van der Waals surface area contributed by atoms with Crippen LogP contribution < -0.4 is 10.6 Å². The number of nitrogens with zero attached hydrogens (tertiary/aromatic N) is 4. The van der Waals surface area contributed by atoms with Crippen LogP contribution in [-0.2, 0) is 19.1 Å². The Balaban J connectivity index is 1.24. The van der Waals surface area contributed by atoms with Gasteiger partial charge in [0.1, 0.15) is 35.9 Å². The van der Waals surface area contributed by atoms with E-state index in [4.69, 9.17) is 25.5 Å². The summed E-state index contributed by atoms with van der Waals surface area (Å²) in [6.45, 7) is 2.21. The van der Waals surface area contributed by atoms with Crippen molar-refractivity contribution in [3.05, 3.63) is 46.9 Å². The van der Waals surface area contributed by atoms with Crippen LogP contribution >= 0.6 is 11.6 Å². The predicted octanol–water partition coefficient (Wildman–Crippen LogP) is 3.26. The molecule has 3 aromatic heterocycles. The highest BCUT2D eigenvalue weighted by Crippen LogP contribution is 2.34. The highest BCUT2D eigenvalue weighted by atomic mass is 35.5. The first-order chi connectivity index (χ1) is 19.5. The molecule has 208 valence electrons. The first kappa shape index (κ1) is 26.2. The van der Waals surface area contributed by atoms with E-state index in [9.17, 15) is 14.4 Å². The standard InChI is InChI=1S/C27H27ClN6O6/c28-16-3-8-20(30-13-16)32-26(37)24-23(22-19(40-24)7-6-18(31-22)27-29-9-11-39-27)33-25(36)15-1-4-17(5-2-15)34-10-12-38-14-21(34)35/h3,6-8,13,15,17H,1-2,4-5,9-12,14H2,(H,33,36)(H,30,32,37)/t15-,17-. The maximum absolute atomic E-state index is 13.5. The van der Waals surface area contributed by atoms with Crippen molar-refractivity contribution >= 4 is 57.8 Å². The third kappa shape index (κ3) is 5.36. The number of carbonyl (C=O) groups excluding carboxylic acids is 3. The average molecular weight is 567 g/mol. The van der Waals surface area contributed by atoms with Crippen molar-refractivity contribution in [2.45, 2.75) is 31.7 Å². The highest BCUT2D eigenvalue weighted by molar-refractivity contribution is 6.30. The van der Waals surface area contributed by atoms with Gasteiger partial charge in [-0.15, -0.1) is 0 Å². The van der Waals surface area contributed by atoms with E-state index >= 15 is 0 Å². The molecule has 0 unspecified atom stereocenters. The van der Waals surface area contributed by atoms with Gasteiger partial charge in [0.15, 0.2) is 5.58 Å². The van der Waals surface area contributed by atoms with Crippen LogP contribution in [0.3, 0.4) is 0 Å². The summed E-state index contributed by atoms with van der Waals surface area (Å²) >= 11 is 5.91. The molecule has 6 rings (SSSR count). The van der Waals surface area contributed by atoms with Crippen LogP contribution in [0.2, 0.25) is 5.02 Å². The number of aliphatic imine (C=N–C) groups is 1. The lowest BCUT2D eigenvalue weighted by atomic mass is 9.84. The summed E-state index contributed by atoms with van der Waals surface area (Å²) in [6.07, 6.45) is 4.05. The molecule has 0 spiro atoms. The maximum Gasteiger partial charge on any atom is 0.294 e. The second-order valence-corrected chi connectivity index (χ2v) is 10.3. The number of hydrogen-bond acceptors (Lipinski definition) is 9. The number of pyridine rings is 2. The van der Waals surface area contributed by atoms with Gasteiger partial charge in [-0.1, -0.05) is 11.6 Å². The van der Waals surface area contributed by atoms with Gasteiger partial charge in [-0.2, -0.15) is 0 Å². The van der Waals surface area contributed by atoms with Crippen LogP contribution in [0.5, 0.6) is 0 Å². The minimum atomic E-state index is -0.603. The summed E-state index contributed by atoms with van der Waals surface area (Å²) in [4.78, 5) is 53.9. The van der Waals surface area contributed by atoms with Gasteiger partial charge < -0.3 is 29.4 Å². The molecule has 1 aliphatic carbocycles. The zero-order valence-electron chi connectivity index (χ0n) is 21.5. The van der Waals surface area contributed by atoms with Crippen LogP contribution in [0.4, 0.5) is 11.5 Å². The van der Waals surface area contributed by atoms with Gasteiger partial charge in [-0.25, -0.2) is 15.0 Å². The number of nitrogens with one attached hydrogen (secondary N) is 2. The lowest BCUT2D eigenvalue weighted by Gasteiger charge is -2.38. The second kappa shape index (κ2) is 11.2. The van der Waals surface area contributed by atoms with Gasteiger partial charge in [0.05, 0.1) is 18.2 Å². The smallest absolute Gasteiger partial charge is 0.294 e. The van der Waals surface area contributed by atoms with Gasteiger partial charge in [-0.05, 0) is 49.9 Å². The molecule has 40 heavy (non-hydrogen) atoms. The first-order valence-corrected chi connectivity index (χ1v) is 13.6. The average Bonchev–Trinajstić information content (AvgIpc) is 3.63. The van der Waals surface area contributed by atoms with Crippen molar-refractivity contribution in [1.29, 1.82) is 0 Å². The van der Waals surface area contributed by atoms with Gasteiger partial charge in [-0.3, -0.25) is 14.4 Å². The topological polar surface area (TPSA) is 148 Å². The Morgan fingerprint density at radius 1 is 1.05 bits per heavy atom. The fourth-order valence-electron chi connectivity index (χ4n) is 5.28. The Morgan fingerprint density at radius 3 is 2.62 bits per heavy atom.